The minimum Gasteiger partial charge on any atom is -0.271 e. The Morgan fingerprint density at radius 3 is 2.64 bits per heavy atom. The predicted octanol–water partition coefficient (Wildman–Crippen LogP) is 1.42. The van der Waals surface area contributed by atoms with E-state index in [0.29, 0.717) is 11.5 Å². The Hall–Kier alpha value is -1.30. The van der Waals surface area contributed by atoms with Crippen LogP contribution in [-0.4, -0.2) is 9.78 Å². The van der Waals surface area contributed by atoms with Gasteiger partial charge in [0.05, 0.1) is 17.5 Å². The Bertz CT molecular complexity index is 291. The highest BCUT2D eigenvalue weighted by Crippen LogP contribution is 2.16. The van der Waals surface area contributed by atoms with E-state index in [2.05, 4.69) is 25.0 Å². The smallest absolute Gasteiger partial charge is 0.103 e. The van der Waals surface area contributed by atoms with Crippen LogP contribution in [0.15, 0.2) is 6.20 Å². The largest absolute Gasteiger partial charge is 0.271 e. The monoisotopic (exact) mass is 149 g/mol. The third-order valence-electron chi connectivity index (χ3n) is 1.65. The molecular weight excluding hydrogens is 138 g/mol. The van der Waals surface area contributed by atoms with Gasteiger partial charge in [0.15, 0.2) is 0 Å². The van der Waals surface area contributed by atoms with Gasteiger partial charge < -0.3 is 0 Å². The lowest BCUT2D eigenvalue weighted by molar-refractivity contribution is 0.668. The van der Waals surface area contributed by atoms with E-state index in [1.807, 2.05) is 7.05 Å². The van der Waals surface area contributed by atoms with Crippen molar-refractivity contribution in [1.82, 2.24) is 9.78 Å². The van der Waals surface area contributed by atoms with Crippen molar-refractivity contribution < 1.29 is 0 Å². The van der Waals surface area contributed by atoms with Crippen LogP contribution in [0.1, 0.15) is 31.0 Å². The molecule has 0 aliphatic heterocycles. The summed E-state index contributed by atoms with van der Waals surface area (Å²) in [7, 11) is 1.86. The molecule has 0 saturated carbocycles. The molecule has 0 unspecified atom stereocenters. The van der Waals surface area contributed by atoms with E-state index in [0.717, 1.165) is 5.69 Å². The molecule has 1 heterocycles. The number of hydrogen-bond donors (Lipinski definition) is 0. The van der Waals surface area contributed by atoms with Crippen LogP contribution in [0.4, 0.5) is 0 Å². The number of nitrogens with zero attached hydrogens (tertiary/aromatic N) is 3. The van der Waals surface area contributed by atoms with Gasteiger partial charge in [-0.25, -0.2) is 0 Å². The van der Waals surface area contributed by atoms with Crippen molar-refractivity contribution in [3.8, 4) is 6.07 Å². The average Bonchev–Trinajstić information content (AvgIpc) is 2.30. The minimum atomic E-state index is 0.358. The molecule has 0 aliphatic carbocycles. The van der Waals surface area contributed by atoms with Crippen LogP contribution in [0.2, 0.25) is 0 Å². The van der Waals surface area contributed by atoms with Gasteiger partial charge in [0.1, 0.15) is 6.07 Å². The number of rotatable bonds is 1. The highest BCUT2D eigenvalue weighted by Gasteiger charge is 2.10. The van der Waals surface area contributed by atoms with Crippen LogP contribution in [0.25, 0.3) is 0 Å². The second-order valence-corrected chi connectivity index (χ2v) is 2.83. The van der Waals surface area contributed by atoms with Crippen molar-refractivity contribution in [2.24, 2.45) is 7.05 Å². The molecule has 1 rings (SSSR count). The van der Waals surface area contributed by atoms with Gasteiger partial charge in [-0.3, -0.25) is 4.68 Å². The topological polar surface area (TPSA) is 41.6 Å². The van der Waals surface area contributed by atoms with E-state index < -0.39 is 0 Å². The number of aromatic nitrogens is 2. The minimum absolute atomic E-state index is 0.358. The zero-order chi connectivity index (χ0) is 8.43. The molecule has 0 atom stereocenters. The fraction of sp³-hybridized carbons (Fsp3) is 0.500. The summed E-state index contributed by atoms with van der Waals surface area (Å²) in [4.78, 5) is 0. The molecule has 0 bridgehead atoms. The molecule has 0 saturated heterocycles. The molecule has 0 spiro atoms. The molecule has 0 radical (unpaired) electrons. The molecular formula is C8H11N3. The Kier molecular flexibility index (Phi) is 1.95. The van der Waals surface area contributed by atoms with Gasteiger partial charge in [0.25, 0.3) is 0 Å². The molecule has 0 aliphatic rings. The summed E-state index contributed by atoms with van der Waals surface area (Å²) >= 11 is 0. The summed E-state index contributed by atoms with van der Waals surface area (Å²) in [6.45, 7) is 4.11. The molecule has 0 aromatic carbocycles. The molecule has 11 heavy (non-hydrogen) atoms. The van der Waals surface area contributed by atoms with E-state index >= 15 is 0 Å². The first-order valence-corrected chi connectivity index (χ1v) is 3.58. The Balaban J connectivity index is 3.21. The average molecular weight is 149 g/mol. The van der Waals surface area contributed by atoms with E-state index in [1.165, 1.54) is 0 Å². The number of hydrogen-bond acceptors (Lipinski definition) is 2. The van der Waals surface area contributed by atoms with Gasteiger partial charge in [0, 0.05) is 7.05 Å². The number of aryl methyl sites for hydroxylation is 1. The molecule has 0 N–H and O–H groups in total. The normalized spacial score (nSPS) is 10.1. The highest BCUT2D eigenvalue weighted by atomic mass is 15.3. The Morgan fingerprint density at radius 1 is 1.64 bits per heavy atom. The SMILES string of the molecule is CC(C)c1c(C#N)cnn1C. The first kappa shape index (κ1) is 7.80. The molecule has 3 heteroatoms. The van der Waals surface area contributed by atoms with Crippen LogP contribution in [0.5, 0.6) is 0 Å². The maximum atomic E-state index is 8.68. The van der Waals surface area contributed by atoms with E-state index in [1.54, 1.807) is 10.9 Å². The standard InChI is InChI=1S/C8H11N3/c1-6(2)8-7(4-9)5-10-11(8)3/h5-6H,1-3H3. The third-order valence-corrected chi connectivity index (χ3v) is 1.65. The van der Waals surface area contributed by atoms with Crippen LogP contribution in [-0.2, 0) is 7.05 Å². The van der Waals surface area contributed by atoms with E-state index in [4.69, 9.17) is 5.26 Å². The predicted molar refractivity (Wildman–Crippen MR) is 42.0 cm³/mol. The van der Waals surface area contributed by atoms with Gasteiger partial charge in [-0.1, -0.05) is 13.8 Å². The maximum absolute atomic E-state index is 8.68. The van der Waals surface area contributed by atoms with Crippen LogP contribution in [0, 0.1) is 11.3 Å². The van der Waals surface area contributed by atoms with E-state index in [9.17, 15) is 0 Å². The van der Waals surface area contributed by atoms with E-state index in [-0.39, 0.29) is 0 Å². The molecule has 58 valence electrons. The zero-order valence-corrected chi connectivity index (χ0v) is 7.00. The second-order valence-electron chi connectivity index (χ2n) is 2.83. The summed E-state index contributed by atoms with van der Waals surface area (Å²) in [6, 6.07) is 2.11. The summed E-state index contributed by atoms with van der Waals surface area (Å²) in [5.74, 6) is 0.358. The summed E-state index contributed by atoms with van der Waals surface area (Å²) < 4.78 is 1.75. The first-order chi connectivity index (χ1) is 5.16. The molecule has 1 aromatic rings. The van der Waals surface area contributed by atoms with Gasteiger partial charge in [-0.05, 0) is 5.92 Å². The second kappa shape index (κ2) is 2.75. The van der Waals surface area contributed by atoms with Crippen molar-refractivity contribution in [3.63, 3.8) is 0 Å². The van der Waals surface area contributed by atoms with Crippen molar-refractivity contribution in [1.29, 1.82) is 5.26 Å². The summed E-state index contributed by atoms with van der Waals surface area (Å²) in [5.41, 5.74) is 1.69. The first-order valence-electron chi connectivity index (χ1n) is 3.58. The Morgan fingerprint density at radius 2 is 2.27 bits per heavy atom. The quantitative estimate of drug-likeness (QED) is 0.605. The van der Waals surface area contributed by atoms with Gasteiger partial charge in [-0.2, -0.15) is 10.4 Å². The van der Waals surface area contributed by atoms with Gasteiger partial charge in [0.2, 0.25) is 0 Å². The molecule has 0 amide bonds. The third kappa shape index (κ3) is 1.25. The molecule has 3 nitrogen and oxygen atoms in total. The molecule has 1 aromatic heterocycles. The van der Waals surface area contributed by atoms with Crippen LogP contribution < -0.4 is 0 Å². The van der Waals surface area contributed by atoms with Crippen molar-refractivity contribution in [2.45, 2.75) is 19.8 Å². The fourth-order valence-electron chi connectivity index (χ4n) is 1.22. The lowest BCUT2D eigenvalue weighted by atomic mass is 10.1. The zero-order valence-electron chi connectivity index (χ0n) is 7.00. The van der Waals surface area contributed by atoms with Crippen LogP contribution >= 0.6 is 0 Å². The van der Waals surface area contributed by atoms with Crippen molar-refractivity contribution >= 4 is 0 Å². The maximum Gasteiger partial charge on any atom is 0.103 e. The summed E-state index contributed by atoms with van der Waals surface area (Å²) in [5, 5.41) is 12.7. The van der Waals surface area contributed by atoms with Crippen molar-refractivity contribution in [3.05, 3.63) is 17.5 Å². The lowest BCUT2D eigenvalue weighted by Gasteiger charge is -2.04. The van der Waals surface area contributed by atoms with Crippen LogP contribution in [0.3, 0.4) is 0 Å². The highest BCUT2D eigenvalue weighted by molar-refractivity contribution is 5.32. The van der Waals surface area contributed by atoms with Gasteiger partial charge in [-0.15, -0.1) is 0 Å². The molecule has 0 fully saturated rings. The van der Waals surface area contributed by atoms with Crippen molar-refractivity contribution in [2.75, 3.05) is 0 Å². The van der Waals surface area contributed by atoms with Gasteiger partial charge >= 0.3 is 0 Å². The summed E-state index contributed by atoms with van der Waals surface area (Å²) in [6.07, 6.45) is 1.61. The number of nitriles is 1. The fourth-order valence-corrected chi connectivity index (χ4v) is 1.22. The Labute approximate surface area is 66.3 Å². The lowest BCUT2D eigenvalue weighted by Crippen LogP contribution is -2.01.